The minimum absolute atomic E-state index is 0.294. The fourth-order valence-electron chi connectivity index (χ4n) is 1.20. The standard InChI is InChI=1S/C6H12N2O/c1-8-4-2-3-6(8)7-5-9/h5-6H,2-4H2,1H3,(H,7,9)/t6-/m0/s1. The lowest BCUT2D eigenvalue weighted by molar-refractivity contribution is -0.110. The third-order valence-electron chi connectivity index (χ3n) is 1.78. The Morgan fingerprint density at radius 1 is 1.78 bits per heavy atom. The van der Waals surface area contributed by atoms with Gasteiger partial charge in [-0.25, -0.2) is 0 Å². The number of rotatable bonds is 2. The van der Waals surface area contributed by atoms with Crippen LogP contribution in [0.4, 0.5) is 0 Å². The van der Waals surface area contributed by atoms with Crippen LogP contribution in [0.3, 0.4) is 0 Å². The zero-order chi connectivity index (χ0) is 6.69. The first-order chi connectivity index (χ1) is 4.34. The summed E-state index contributed by atoms with van der Waals surface area (Å²) in [4.78, 5) is 12.1. The number of nitrogens with one attached hydrogen (secondary N) is 1. The monoisotopic (exact) mass is 128 g/mol. The Kier molecular flexibility index (Phi) is 2.05. The van der Waals surface area contributed by atoms with Gasteiger partial charge in [0.2, 0.25) is 6.41 Å². The normalized spacial score (nSPS) is 28.3. The smallest absolute Gasteiger partial charge is 0.208 e. The molecule has 0 unspecified atom stereocenters. The number of hydrogen-bond donors (Lipinski definition) is 1. The molecule has 1 heterocycles. The van der Waals surface area contributed by atoms with Crippen LogP contribution < -0.4 is 5.32 Å². The first-order valence-electron chi connectivity index (χ1n) is 3.24. The maximum atomic E-state index is 9.97. The van der Waals surface area contributed by atoms with Crippen molar-refractivity contribution in [3.8, 4) is 0 Å². The molecule has 1 amide bonds. The van der Waals surface area contributed by atoms with Crippen molar-refractivity contribution in [3.05, 3.63) is 0 Å². The van der Waals surface area contributed by atoms with E-state index in [1.807, 2.05) is 7.05 Å². The van der Waals surface area contributed by atoms with Crippen molar-refractivity contribution in [1.29, 1.82) is 0 Å². The van der Waals surface area contributed by atoms with E-state index in [0.29, 0.717) is 6.17 Å². The molecule has 0 spiro atoms. The van der Waals surface area contributed by atoms with Crippen molar-refractivity contribution in [1.82, 2.24) is 10.2 Å². The van der Waals surface area contributed by atoms with Crippen LogP contribution >= 0.6 is 0 Å². The van der Waals surface area contributed by atoms with Gasteiger partial charge in [0, 0.05) is 0 Å². The van der Waals surface area contributed by atoms with Gasteiger partial charge in [-0.1, -0.05) is 0 Å². The summed E-state index contributed by atoms with van der Waals surface area (Å²) in [6, 6.07) is 0. The Hall–Kier alpha value is -0.570. The second-order valence-electron chi connectivity index (χ2n) is 2.42. The molecule has 9 heavy (non-hydrogen) atoms. The fraction of sp³-hybridized carbons (Fsp3) is 0.833. The van der Waals surface area contributed by atoms with Gasteiger partial charge in [0.1, 0.15) is 0 Å². The zero-order valence-corrected chi connectivity index (χ0v) is 5.63. The average Bonchev–Trinajstić information content (AvgIpc) is 2.18. The van der Waals surface area contributed by atoms with Gasteiger partial charge in [-0.05, 0) is 26.4 Å². The molecular formula is C6H12N2O. The molecule has 0 aromatic rings. The summed E-state index contributed by atoms with van der Waals surface area (Å²) in [5, 5.41) is 2.74. The molecule has 1 rings (SSSR count). The van der Waals surface area contributed by atoms with Crippen LogP contribution in [-0.4, -0.2) is 31.1 Å². The SMILES string of the molecule is CN1CCC[C@H]1NC=O. The summed E-state index contributed by atoms with van der Waals surface area (Å²) >= 11 is 0. The zero-order valence-electron chi connectivity index (χ0n) is 5.63. The van der Waals surface area contributed by atoms with Crippen LogP contribution in [0, 0.1) is 0 Å². The molecule has 0 aromatic carbocycles. The Labute approximate surface area is 55.0 Å². The number of carbonyl (C=O) groups is 1. The summed E-state index contributed by atoms with van der Waals surface area (Å²) in [6.45, 7) is 1.10. The lowest BCUT2D eigenvalue weighted by Crippen LogP contribution is -2.37. The van der Waals surface area contributed by atoms with E-state index in [0.717, 1.165) is 19.4 Å². The van der Waals surface area contributed by atoms with E-state index in [1.54, 1.807) is 0 Å². The molecule has 1 N–H and O–H groups in total. The highest BCUT2D eigenvalue weighted by molar-refractivity contribution is 5.46. The predicted molar refractivity (Wildman–Crippen MR) is 34.9 cm³/mol. The molecule has 1 fully saturated rings. The van der Waals surface area contributed by atoms with Crippen molar-refractivity contribution < 1.29 is 4.79 Å². The number of hydrogen-bond acceptors (Lipinski definition) is 2. The number of likely N-dealkylation sites (tertiary alicyclic amines) is 1. The second-order valence-corrected chi connectivity index (χ2v) is 2.42. The van der Waals surface area contributed by atoms with E-state index >= 15 is 0 Å². The van der Waals surface area contributed by atoms with Crippen molar-refractivity contribution in [2.45, 2.75) is 19.0 Å². The molecule has 1 atom stereocenters. The van der Waals surface area contributed by atoms with E-state index in [-0.39, 0.29) is 0 Å². The molecule has 0 bridgehead atoms. The Morgan fingerprint density at radius 2 is 2.56 bits per heavy atom. The Balaban J connectivity index is 2.30. The summed E-state index contributed by atoms with van der Waals surface area (Å²) < 4.78 is 0. The maximum Gasteiger partial charge on any atom is 0.208 e. The first kappa shape index (κ1) is 6.55. The summed E-state index contributed by atoms with van der Waals surface area (Å²) in [7, 11) is 2.02. The molecule has 0 aliphatic carbocycles. The van der Waals surface area contributed by atoms with Gasteiger partial charge < -0.3 is 5.32 Å². The second kappa shape index (κ2) is 2.82. The van der Waals surface area contributed by atoms with Gasteiger partial charge in [0.15, 0.2) is 0 Å². The minimum Gasteiger partial charge on any atom is -0.343 e. The number of amides is 1. The van der Waals surface area contributed by atoms with Gasteiger partial charge in [-0.3, -0.25) is 9.69 Å². The number of carbonyl (C=O) groups excluding carboxylic acids is 1. The Morgan fingerprint density at radius 3 is 3.00 bits per heavy atom. The highest BCUT2D eigenvalue weighted by atomic mass is 16.1. The molecule has 3 heteroatoms. The van der Waals surface area contributed by atoms with Gasteiger partial charge in [0.05, 0.1) is 6.17 Å². The molecule has 1 saturated heterocycles. The van der Waals surface area contributed by atoms with Crippen molar-refractivity contribution in [2.75, 3.05) is 13.6 Å². The molecule has 1 aliphatic rings. The summed E-state index contributed by atoms with van der Waals surface area (Å²) in [5.41, 5.74) is 0. The molecule has 0 aromatic heterocycles. The van der Waals surface area contributed by atoms with E-state index in [2.05, 4.69) is 10.2 Å². The van der Waals surface area contributed by atoms with Crippen LogP contribution in [0.15, 0.2) is 0 Å². The van der Waals surface area contributed by atoms with E-state index < -0.39 is 0 Å². The largest absolute Gasteiger partial charge is 0.343 e. The maximum absolute atomic E-state index is 9.97. The quantitative estimate of drug-likeness (QED) is 0.522. The molecule has 0 saturated carbocycles. The van der Waals surface area contributed by atoms with E-state index in [4.69, 9.17) is 0 Å². The van der Waals surface area contributed by atoms with Gasteiger partial charge in [-0.15, -0.1) is 0 Å². The van der Waals surface area contributed by atoms with Crippen molar-refractivity contribution in [2.24, 2.45) is 0 Å². The fourth-order valence-corrected chi connectivity index (χ4v) is 1.20. The summed E-state index contributed by atoms with van der Waals surface area (Å²) in [6.07, 6.45) is 3.35. The third-order valence-corrected chi connectivity index (χ3v) is 1.78. The van der Waals surface area contributed by atoms with Crippen LogP contribution in [0.5, 0.6) is 0 Å². The van der Waals surface area contributed by atoms with Crippen LogP contribution in [0.2, 0.25) is 0 Å². The number of nitrogens with zero attached hydrogens (tertiary/aromatic N) is 1. The molecule has 3 nitrogen and oxygen atoms in total. The van der Waals surface area contributed by atoms with Crippen LogP contribution in [0.25, 0.3) is 0 Å². The third kappa shape index (κ3) is 1.42. The topological polar surface area (TPSA) is 32.3 Å². The van der Waals surface area contributed by atoms with Gasteiger partial charge in [0.25, 0.3) is 0 Å². The lowest BCUT2D eigenvalue weighted by Gasteiger charge is -2.17. The highest BCUT2D eigenvalue weighted by Crippen LogP contribution is 2.10. The Bertz CT molecular complexity index is 105. The van der Waals surface area contributed by atoms with Gasteiger partial charge >= 0.3 is 0 Å². The van der Waals surface area contributed by atoms with Crippen molar-refractivity contribution >= 4 is 6.41 Å². The predicted octanol–water partition coefficient (Wildman–Crippen LogP) is -0.216. The molecule has 0 radical (unpaired) electrons. The molecular weight excluding hydrogens is 116 g/mol. The van der Waals surface area contributed by atoms with Crippen molar-refractivity contribution in [3.63, 3.8) is 0 Å². The van der Waals surface area contributed by atoms with Crippen LogP contribution in [0.1, 0.15) is 12.8 Å². The highest BCUT2D eigenvalue weighted by Gasteiger charge is 2.18. The van der Waals surface area contributed by atoms with Gasteiger partial charge in [-0.2, -0.15) is 0 Å². The van der Waals surface area contributed by atoms with E-state index in [1.165, 1.54) is 6.42 Å². The average molecular weight is 128 g/mol. The first-order valence-corrected chi connectivity index (χ1v) is 3.24. The minimum atomic E-state index is 0.294. The molecule has 1 aliphatic heterocycles. The lowest BCUT2D eigenvalue weighted by atomic mass is 10.3. The molecule has 52 valence electrons. The van der Waals surface area contributed by atoms with E-state index in [9.17, 15) is 4.79 Å². The summed E-state index contributed by atoms with van der Waals surface area (Å²) in [5.74, 6) is 0. The van der Waals surface area contributed by atoms with Crippen LogP contribution in [-0.2, 0) is 4.79 Å².